The molecule has 0 radical (unpaired) electrons. The molecule has 0 aliphatic heterocycles. The van der Waals surface area contributed by atoms with E-state index in [-0.39, 0.29) is 11.1 Å². The number of thiol groups is 1. The van der Waals surface area contributed by atoms with E-state index in [1.165, 1.54) is 0 Å². The van der Waals surface area contributed by atoms with Crippen LogP contribution in [-0.2, 0) is 4.74 Å². The third kappa shape index (κ3) is 2.51. The molecule has 1 rings (SSSR count). The van der Waals surface area contributed by atoms with Crippen molar-refractivity contribution in [3.05, 3.63) is 28.8 Å². The number of hydrogen-bond acceptors (Lipinski definition) is 4. The van der Waals surface area contributed by atoms with E-state index in [9.17, 15) is 4.79 Å². The number of carbonyl (C=O) groups excluding carboxylic acids is 1. The smallest absolute Gasteiger partial charge is 0.339 e. The molecule has 0 atom stereocenters. The predicted octanol–water partition coefficient (Wildman–Crippen LogP) is 2.33. The number of aryl methyl sites for hydroxylation is 1. The van der Waals surface area contributed by atoms with Gasteiger partial charge in [0, 0.05) is 4.90 Å². The second kappa shape index (κ2) is 4.85. The maximum Gasteiger partial charge on any atom is 0.339 e. The average molecular weight is 221 g/mol. The molecule has 15 heavy (non-hydrogen) atoms. The molecule has 0 amide bonds. The topological polar surface area (TPSA) is 50.1 Å². The lowest BCUT2D eigenvalue weighted by molar-refractivity contribution is 0.0525. The number of nitrogens with zero attached hydrogens (tertiary/aromatic N) is 1. The molecule has 0 aliphatic rings. The summed E-state index contributed by atoms with van der Waals surface area (Å²) >= 11 is 4.15. The van der Waals surface area contributed by atoms with Crippen molar-refractivity contribution in [2.75, 3.05) is 6.61 Å². The molecule has 0 saturated heterocycles. The van der Waals surface area contributed by atoms with Crippen LogP contribution < -0.4 is 0 Å². The van der Waals surface area contributed by atoms with Crippen LogP contribution in [0.1, 0.15) is 28.4 Å². The molecule has 0 saturated carbocycles. The second-order valence-electron chi connectivity index (χ2n) is 3.04. The Morgan fingerprint density at radius 3 is 2.80 bits per heavy atom. The number of esters is 1. The highest BCUT2D eigenvalue weighted by Crippen LogP contribution is 2.20. The van der Waals surface area contributed by atoms with Crippen LogP contribution in [0.3, 0.4) is 0 Å². The van der Waals surface area contributed by atoms with E-state index in [0.29, 0.717) is 11.5 Å². The molecule has 0 aliphatic carbocycles. The summed E-state index contributed by atoms with van der Waals surface area (Å²) in [6.07, 6.45) is 0. The number of hydrogen-bond donors (Lipinski definition) is 1. The van der Waals surface area contributed by atoms with Gasteiger partial charge in [-0.1, -0.05) is 0 Å². The fourth-order valence-electron chi connectivity index (χ4n) is 1.25. The summed E-state index contributed by atoms with van der Waals surface area (Å²) in [5.74, 6) is -0.479. The number of benzene rings is 1. The molecule has 0 aromatic heterocycles. The first-order chi connectivity index (χ1) is 7.10. The zero-order chi connectivity index (χ0) is 11.4. The lowest BCUT2D eigenvalue weighted by Crippen LogP contribution is -2.07. The van der Waals surface area contributed by atoms with Gasteiger partial charge in [-0.3, -0.25) is 0 Å². The van der Waals surface area contributed by atoms with E-state index in [2.05, 4.69) is 12.6 Å². The van der Waals surface area contributed by atoms with Gasteiger partial charge < -0.3 is 4.74 Å². The lowest BCUT2D eigenvalue weighted by Gasteiger charge is -2.06. The minimum atomic E-state index is -0.479. The van der Waals surface area contributed by atoms with Crippen LogP contribution in [-0.4, -0.2) is 12.6 Å². The van der Waals surface area contributed by atoms with Gasteiger partial charge in [0.15, 0.2) is 0 Å². The highest BCUT2D eigenvalue weighted by Gasteiger charge is 2.15. The standard InChI is InChI=1S/C11H11NO2S/c1-3-14-11(13)8-4-7(2)5-10(15)9(8)6-12/h4-5,15H,3H2,1-2H3. The predicted molar refractivity (Wildman–Crippen MR) is 59.1 cm³/mol. The Morgan fingerprint density at radius 2 is 2.27 bits per heavy atom. The first-order valence-corrected chi connectivity index (χ1v) is 4.95. The van der Waals surface area contributed by atoms with Gasteiger partial charge in [-0.2, -0.15) is 5.26 Å². The van der Waals surface area contributed by atoms with E-state index < -0.39 is 5.97 Å². The minimum Gasteiger partial charge on any atom is -0.462 e. The molecular formula is C11H11NO2S. The van der Waals surface area contributed by atoms with Crippen LogP contribution in [0, 0.1) is 18.3 Å². The SMILES string of the molecule is CCOC(=O)c1cc(C)cc(S)c1C#N. The molecule has 0 N–H and O–H groups in total. The van der Waals surface area contributed by atoms with Crippen molar-refractivity contribution in [3.8, 4) is 6.07 Å². The van der Waals surface area contributed by atoms with Gasteiger partial charge in [-0.15, -0.1) is 12.6 Å². The van der Waals surface area contributed by atoms with Gasteiger partial charge in [0.2, 0.25) is 0 Å². The Bertz CT molecular complexity index is 435. The summed E-state index contributed by atoms with van der Waals surface area (Å²) in [5, 5.41) is 8.90. The molecule has 0 heterocycles. The molecule has 4 heteroatoms. The number of nitriles is 1. The first-order valence-electron chi connectivity index (χ1n) is 4.51. The molecular weight excluding hydrogens is 210 g/mol. The average Bonchev–Trinajstić information content (AvgIpc) is 2.17. The fourth-order valence-corrected chi connectivity index (χ4v) is 1.63. The summed E-state index contributed by atoms with van der Waals surface area (Å²) in [6, 6.07) is 5.33. The summed E-state index contributed by atoms with van der Waals surface area (Å²) < 4.78 is 4.86. The van der Waals surface area contributed by atoms with Gasteiger partial charge in [-0.05, 0) is 31.5 Å². The Balaban J connectivity index is 3.28. The highest BCUT2D eigenvalue weighted by molar-refractivity contribution is 7.80. The Labute approximate surface area is 94.1 Å². The van der Waals surface area contributed by atoms with Crippen molar-refractivity contribution < 1.29 is 9.53 Å². The van der Waals surface area contributed by atoms with Crippen LogP contribution >= 0.6 is 12.6 Å². The molecule has 0 unspecified atom stereocenters. The lowest BCUT2D eigenvalue weighted by atomic mass is 10.1. The van der Waals surface area contributed by atoms with Crippen LogP contribution in [0.4, 0.5) is 0 Å². The van der Waals surface area contributed by atoms with Crippen LogP contribution in [0.5, 0.6) is 0 Å². The molecule has 0 fully saturated rings. The summed E-state index contributed by atoms with van der Waals surface area (Å²) in [6.45, 7) is 3.85. The molecule has 1 aromatic carbocycles. The maximum absolute atomic E-state index is 11.5. The second-order valence-corrected chi connectivity index (χ2v) is 3.52. The van der Waals surface area contributed by atoms with Crippen LogP contribution in [0.2, 0.25) is 0 Å². The first kappa shape index (κ1) is 11.6. The third-order valence-corrected chi connectivity index (χ3v) is 2.22. The van der Waals surface area contributed by atoms with Crippen molar-refractivity contribution in [2.45, 2.75) is 18.7 Å². The van der Waals surface area contributed by atoms with E-state index in [1.807, 2.05) is 13.0 Å². The van der Waals surface area contributed by atoms with Crippen molar-refractivity contribution in [1.29, 1.82) is 5.26 Å². The van der Waals surface area contributed by atoms with Crippen molar-refractivity contribution in [3.63, 3.8) is 0 Å². The summed E-state index contributed by atoms with van der Waals surface area (Å²) in [5.41, 5.74) is 1.42. The van der Waals surface area contributed by atoms with E-state index >= 15 is 0 Å². The maximum atomic E-state index is 11.5. The molecule has 0 spiro atoms. The number of rotatable bonds is 2. The molecule has 1 aromatic rings. The van der Waals surface area contributed by atoms with Crippen LogP contribution in [0.25, 0.3) is 0 Å². The summed E-state index contributed by atoms with van der Waals surface area (Å²) in [4.78, 5) is 12.0. The van der Waals surface area contributed by atoms with Gasteiger partial charge >= 0.3 is 5.97 Å². The Hall–Kier alpha value is -1.47. The zero-order valence-electron chi connectivity index (χ0n) is 8.57. The quantitative estimate of drug-likeness (QED) is 0.616. The fraction of sp³-hybridized carbons (Fsp3) is 0.273. The minimum absolute atomic E-state index is 0.266. The largest absolute Gasteiger partial charge is 0.462 e. The number of carbonyl (C=O) groups is 1. The normalized spacial score (nSPS) is 9.47. The van der Waals surface area contributed by atoms with Crippen molar-refractivity contribution in [2.24, 2.45) is 0 Å². The Kier molecular flexibility index (Phi) is 3.75. The third-order valence-electron chi connectivity index (χ3n) is 1.87. The molecule has 0 bridgehead atoms. The highest BCUT2D eigenvalue weighted by atomic mass is 32.1. The van der Waals surface area contributed by atoms with Gasteiger partial charge in [0.05, 0.1) is 17.7 Å². The van der Waals surface area contributed by atoms with Gasteiger partial charge in [0.1, 0.15) is 6.07 Å². The van der Waals surface area contributed by atoms with E-state index in [0.717, 1.165) is 5.56 Å². The monoisotopic (exact) mass is 221 g/mol. The zero-order valence-corrected chi connectivity index (χ0v) is 9.47. The van der Waals surface area contributed by atoms with Gasteiger partial charge in [-0.25, -0.2) is 4.79 Å². The number of ether oxygens (including phenoxy) is 1. The van der Waals surface area contributed by atoms with Gasteiger partial charge in [0.25, 0.3) is 0 Å². The van der Waals surface area contributed by atoms with Crippen molar-refractivity contribution in [1.82, 2.24) is 0 Å². The molecule has 3 nitrogen and oxygen atoms in total. The van der Waals surface area contributed by atoms with Crippen LogP contribution in [0.15, 0.2) is 17.0 Å². The van der Waals surface area contributed by atoms with E-state index in [4.69, 9.17) is 10.00 Å². The molecule has 78 valence electrons. The van der Waals surface area contributed by atoms with E-state index in [1.54, 1.807) is 19.1 Å². The summed E-state index contributed by atoms with van der Waals surface area (Å²) in [7, 11) is 0. The Morgan fingerprint density at radius 1 is 1.60 bits per heavy atom. The van der Waals surface area contributed by atoms with Crippen molar-refractivity contribution >= 4 is 18.6 Å².